The zero-order chi connectivity index (χ0) is 9.90. The van der Waals surface area contributed by atoms with Gasteiger partial charge >= 0.3 is 0 Å². The summed E-state index contributed by atoms with van der Waals surface area (Å²) in [5.74, 6) is 0. The Bertz CT molecular complexity index is 163. The number of hydrogen-bond acceptors (Lipinski definition) is 3. The third-order valence-electron chi connectivity index (χ3n) is 3.16. The summed E-state index contributed by atoms with van der Waals surface area (Å²) >= 11 is 0. The molecule has 1 saturated heterocycles. The number of aliphatic hydroxyl groups excluding tert-OH is 1. The quantitative estimate of drug-likeness (QED) is 0.707. The van der Waals surface area contributed by atoms with Crippen molar-refractivity contribution in [1.82, 2.24) is 4.90 Å². The van der Waals surface area contributed by atoms with Gasteiger partial charge in [0.15, 0.2) is 0 Å². The van der Waals surface area contributed by atoms with Crippen LogP contribution >= 0.6 is 0 Å². The number of likely N-dealkylation sites (tertiary alicyclic amines) is 1. The van der Waals surface area contributed by atoms with Crippen LogP contribution in [0.4, 0.5) is 0 Å². The standard InChI is InChI=1S/C10H21NO2/c1-4-11-6-5-9(13-3)10(2,7-11)8-12/h9,12H,4-8H2,1-3H3/t9?,10-/m0/s1. The highest BCUT2D eigenvalue weighted by atomic mass is 16.5. The Balaban J connectivity index is 2.62. The lowest BCUT2D eigenvalue weighted by Gasteiger charge is -2.44. The van der Waals surface area contributed by atoms with Crippen molar-refractivity contribution in [2.24, 2.45) is 5.41 Å². The molecule has 0 radical (unpaired) electrons. The van der Waals surface area contributed by atoms with E-state index in [0.717, 1.165) is 26.1 Å². The predicted molar refractivity (Wildman–Crippen MR) is 52.7 cm³/mol. The Hall–Kier alpha value is -0.120. The van der Waals surface area contributed by atoms with Gasteiger partial charge in [-0.1, -0.05) is 13.8 Å². The number of hydrogen-bond donors (Lipinski definition) is 1. The van der Waals surface area contributed by atoms with Gasteiger partial charge in [-0.05, 0) is 13.0 Å². The van der Waals surface area contributed by atoms with E-state index >= 15 is 0 Å². The summed E-state index contributed by atoms with van der Waals surface area (Å²) in [5.41, 5.74) is -0.0803. The molecule has 0 spiro atoms. The molecule has 0 amide bonds. The van der Waals surface area contributed by atoms with Gasteiger partial charge in [0.25, 0.3) is 0 Å². The summed E-state index contributed by atoms with van der Waals surface area (Å²) in [4.78, 5) is 2.37. The molecule has 3 heteroatoms. The smallest absolute Gasteiger partial charge is 0.0671 e. The molecule has 0 aromatic rings. The molecule has 2 atom stereocenters. The molecule has 0 aromatic heterocycles. The summed E-state index contributed by atoms with van der Waals surface area (Å²) < 4.78 is 5.40. The molecule has 0 saturated carbocycles. The number of rotatable bonds is 3. The van der Waals surface area contributed by atoms with Gasteiger partial charge < -0.3 is 14.7 Å². The van der Waals surface area contributed by atoms with Crippen molar-refractivity contribution < 1.29 is 9.84 Å². The fraction of sp³-hybridized carbons (Fsp3) is 1.00. The molecular weight excluding hydrogens is 166 g/mol. The van der Waals surface area contributed by atoms with Crippen molar-refractivity contribution in [3.8, 4) is 0 Å². The Labute approximate surface area is 80.7 Å². The van der Waals surface area contributed by atoms with E-state index in [-0.39, 0.29) is 18.1 Å². The van der Waals surface area contributed by atoms with Crippen LogP contribution in [0.1, 0.15) is 20.3 Å². The van der Waals surface area contributed by atoms with Crippen LogP contribution in [0, 0.1) is 5.41 Å². The van der Waals surface area contributed by atoms with E-state index in [9.17, 15) is 5.11 Å². The Morgan fingerprint density at radius 1 is 1.62 bits per heavy atom. The van der Waals surface area contributed by atoms with E-state index in [4.69, 9.17) is 4.74 Å². The van der Waals surface area contributed by atoms with Crippen LogP contribution in [-0.4, -0.2) is 49.5 Å². The molecule has 1 heterocycles. The normalized spacial score (nSPS) is 36.5. The first kappa shape index (κ1) is 11.0. The van der Waals surface area contributed by atoms with E-state index in [0.29, 0.717) is 0 Å². The molecule has 1 aliphatic rings. The van der Waals surface area contributed by atoms with Gasteiger partial charge in [-0.15, -0.1) is 0 Å². The summed E-state index contributed by atoms with van der Waals surface area (Å²) in [5, 5.41) is 9.36. The van der Waals surface area contributed by atoms with E-state index in [1.165, 1.54) is 0 Å². The monoisotopic (exact) mass is 187 g/mol. The number of aliphatic hydroxyl groups is 1. The maximum Gasteiger partial charge on any atom is 0.0671 e. The highest BCUT2D eigenvalue weighted by Crippen LogP contribution is 2.31. The van der Waals surface area contributed by atoms with Crippen LogP contribution in [0.15, 0.2) is 0 Å². The van der Waals surface area contributed by atoms with Crippen LogP contribution in [0.5, 0.6) is 0 Å². The molecule has 0 aromatic carbocycles. The van der Waals surface area contributed by atoms with Crippen LogP contribution in [0.25, 0.3) is 0 Å². The lowest BCUT2D eigenvalue weighted by Crippen LogP contribution is -2.52. The number of methoxy groups -OCH3 is 1. The first-order valence-corrected chi connectivity index (χ1v) is 5.02. The minimum absolute atomic E-state index is 0.0803. The fourth-order valence-electron chi connectivity index (χ4n) is 2.16. The van der Waals surface area contributed by atoms with E-state index < -0.39 is 0 Å². The second-order valence-corrected chi connectivity index (χ2v) is 4.19. The van der Waals surface area contributed by atoms with Crippen LogP contribution in [-0.2, 0) is 4.74 Å². The van der Waals surface area contributed by atoms with E-state index in [1.807, 2.05) is 0 Å². The van der Waals surface area contributed by atoms with Crippen LogP contribution < -0.4 is 0 Å². The zero-order valence-corrected chi connectivity index (χ0v) is 8.92. The molecule has 0 bridgehead atoms. The van der Waals surface area contributed by atoms with Crippen molar-refractivity contribution in [2.45, 2.75) is 26.4 Å². The molecule has 1 aliphatic heterocycles. The van der Waals surface area contributed by atoms with E-state index in [2.05, 4.69) is 18.7 Å². The second-order valence-electron chi connectivity index (χ2n) is 4.19. The lowest BCUT2D eigenvalue weighted by atomic mass is 9.80. The van der Waals surface area contributed by atoms with Crippen molar-refractivity contribution in [1.29, 1.82) is 0 Å². The summed E-state index contributed by atoms with van der Waals surface area (Å²) in [7, 11) is 1.74. The predicted octanol–water partition coefficient (Wildman–Crippen LogP) is 0.726. The van der Waals surface area contributed by atoms with Crippen LogP contribution in [0.2, 0.25) is 0 Å². The summed E-state index contributed by atoms with van der Waals surface area (Å²) in [6.07, 6.45) is 1.24. The summed E-state index contributed by atoms with van der Waals surface area (Å²) in [6, 6.07) is 0. The molecule has 78 valence electrons. The molecule has 13 heavy (non-hydrogen) atoms. The van der Waals surface area contributed by atoms with Crippen molar-refractivity contribution >= 4 is 0 Å². The lowest BCUT2D eigenvalue weighted by molar-refractivity contribution is -0.0831. The van der Waals surface area contributed by atoms with Crippen molar-refractivity contribution in [2.75, 3.05) is 33.4 Å². The minimum Gasteiger partial charge on any atom is -0.396 e. The average molecular weight is 187 g/mol. The largest absolute Gasteiger partial charge is 0.396 e. The highest BCUT2D eigenvalue weighted by Gasteiger charge is 2.38. The molecular formula is C10H21NO2. The Morgan fingerprint density at radius 3 is 2.77 bits per heavy atom. The topological polar surface area (TPSA) is 32.7 Å². The average Bonchev–Trinajstić information content (AvgIpc) is 2.17. The first-order chi connectivity index (χ1) is 6.16. The SMILES string of the molecule is CCN1CCC(OC)[C@](C)(CO)C1. The number of ether oxygens (including phenoxy) is 1. The van der Waals surface area contributed by atoms with Crippen molar-refractivity contribution in [3.05, 3.63) is 0 Å². The third-order valence-corrected chi connectivity index (χ3v) is 3.16. The molecule has 1 unspecified atom stereocenters. The van der Waals surface area contributed by atoms with Gasteiger partial charge in [0, 0.05) is 25.6 Å². The molecule has 0 aliphatic carbocycles. The van der Waals surface area contributed by atoms with Gasteiger partial charge in [-0.25, -0.2) is 0 Å². The Kier molecular flexibility index (Phi) is 3.71. The number of nitrogens with zero attached hydrogens (tertiary/aromatic N) is 1. The van der Waals surface area contributed by atoms with Gasteiger partial charge in [0.2, 0.25) is 0 Å². The summed E-state index contributed by atoms with van der Waals surface area (Å²) in [6.45, 7) is 7.56. The van der Waals surface area contributed by atoms with Gasteiger partial charge in [0.1, 0.15) is 0 Å². The second kappa shape index (κ2) is 4.40. The van der Waals surface area contributed by atoms with Crippen LogP contribution in [0.3, 0.4) is 0 Å². The van der Waals surface area contributed by atoms with E-state index in [1.54, 1.807) is 7.11 Å². The molecule has 1 N–H and O–H groups in total. The number of piperidine rings is 1. The van der Waals surface area contributed by atoms with Gasteiger partial charge in [-0.3, -0.25) is 0 Å². The fourth-order valence-corrected chi connectivity index (χ4v) is 2.16. The maximum absolute atomic E-state index is 9.36. The first-order valence-electron chi connectivity index (χ1n) is 5.02. The molecule has 3 nitrogen and oxygen atoms in total. The van der Waals surface area contributed by atoms with Gasteiger partial charge in [-0.2, -0.15) is 0 Å². The molecule has 1 fully saturated rings. The third kappa shape index (κ3) is 2.22. The Morgan fingerprint density at radius 2 is 2.31 bits per heavy atom. The molecule has 1 rings (SSSR count). The zero-order valence-electron chi connectivity index (χ0n) is 8.92. The highest BCUT2D eigenvalue weighted by molar-refractivity contribution is 4.90. The van der Waals surface area contributed by atoms with Gasteiger partial charge in [0.05, 0.1) is 12.7 Å². The van der Waals surface area contributed by atoms with Crippen molar-refractivity contribution in [3.63, 3.8) is 0 Å². The minimum atomic E-state index is -0.0803. The maximum atomic E-state index is 9.36.